The molecule has 2 aromatic rings. The van der Waals surface area contributed by atoms with Gasteiger partial charge in [-0.3, -0.25) is 0 Å². The average molecular weight is 348 g/mol. The number of hydrogen-bond donors (Lipinski definition) is 0. The lowest BCUT2D eigenvalue weighted by molar-refractivity contribution is 1.06. The molecular formula is C25H33N. The molecule has 1 aliphatic rings. The first-order valence-electron chi connectivity index (χ1n) is 9.64. The normalized spacial score (nSPS) is 13.0. The van der Waals surface area contributed by atoms with Crippen LogP contribution in [0, 0.1) is 55.4 Å². The Morgan fingerprint density at radius 3 is 1.12 bits per heavy atom. The zero-order valence-electron chi connectivity index (χ0n) is 18.4. The van der Waals surface area contributed by atoms with Gasteiger partial charge in [0.05, 0.1) is 11.4 Å². The number of anilines is 2. The summed E-state index contributed by atoms with van der Waals surface area (Å²) >= 11 is 0. The lowest BCUT2D eigenvalue weighted by Crippen LogP contribution is -2.24. The molecule has 0 aliphatic carbocycles. The second-order valence-electron chi connectivity index (χ2n) is 8.38. The minimum atomic E-state index is 1.39. The number of hydrogen-bond acceptors (Lipinski definition) is 1. The lowest BCUT2D eigenvalue weighted by atomic mass is 9.77. The first-order chi connectivity index (χ1) is 12.0. The maximum Gasteiger partial charge on any atom is 0.0523 e. The zero-order chi connectivity index (χ0) is 19.7. The molecule has 0 unspecified atom stereocenters. The van der Waals surface area contributed by atoms with Crippen LogP contribution in [0.25, 0.3) is 5.57 Å². The quantitative estimate of drug-likeness (QED) is 0.492. The van der Waals surface area contributed by atoms with Crippen LogP contribution in [-0.2, 0) is 0 Å². The third-order valence-corrected chi connectivity index (χ3v) is 6.98. The highest BCUT2D eigenvalue weighted by molar-refractivity contribution is 6.03. The Kier molecular flexibility index (Phi) is 4.34. The van der Waals surface area contributed by atoms with Gasteiger partial charge in [-0.25, -0.2) is 0 Å². The highest BCUT2D eigenvalue weighted by Crippen LogP contribution is 2.52. The molecule has 0 N–H and O–H groups in total. The van der Waals surface area contributed by atoms with Crippen LogP contribution in [0.15, 0.2) is 5.57 Å². The first kappa shape index (κ1) is 18.8. The molecular weight excluding hydrogens is 314 g/mol. The van der Waals surface area contributed by atoms with Crippen LogP contribution < -0.4 is 4.90 Å². The average Bonchev–Trinajstić information content (AvgIpc) is 2.59. The second kappa shape index (κ2) is 6.01. The van der Waals surface area contributed by atoms with Gasteiger partial charge in [-0.1, -0.05) is 5.57 Å². The van der Waals surface area contributed by atoms with E-state index in [1.807, 2.05) is 0 Å². The van der Waals surface area contributed by atoms with Gasteiger partial charge in [0.15, 0.2) is 0 Å². The molecule has 0 radical (unpaired) electrons. The summed E-state index contributed by atoms with van der Waals surface area (Å²) in [5.74, 6) is 0. The molecule has 1 aliphatic heterocycles. The van der Waals surface area contributed by atoms with Crippen molar-refractivity contribution in [2.45, 2.75) is 69.2 Å². The van der Waals surface area contributed by atoms with Crippen LogP contribution >= 0.6 is 0 Å². The van der Waals surface area contributed by atoms with Crippen molar-refractivity contribution in [2.24, 2.45) is 0 Å². The van der Waals surface area contributed by atoms with E-state index in [0.717, 1.165) is 0 Å². The van der Waals surface area contributed by atoms with Crippen LogP contribution in [0.3, 0.4) is 0 Å². The van der Waals surface area contributed by atoms with E-state index in [9.17, 15) is 0 Å². The third kappa shape index (κ3) is 2.22. The van der Waals surface area contributed by atoms with Gasteiger partial charge in [-0.2, -0.15) is 0 Å². The Hall–Kier alpha value is -2.02. The summed E-state index contributed by atoms with van der Waals surface area (Å²) in [6.07, 6.45) is 0. The lowest BCUT2D eigenvalue weighted by Gasteiger charge is -2.39. The van der Waals surface area contributed by atoms with E-state index in [1.165, 1.54) is 78.2 Å². The fourth-order valence-electron chi connectivity index (χ4n) is 4.77. The maximum absolute atomic E-state index is 2.46. The van der Waals surface area contributed by atoms with Crippen molar-refractivity contribution in [3.05, 3.63) is 61.2 Å². The summed E-state index contributed by atoms with van der Waals surface area (Å²) in [5.41, 5.74) is 19.8. The van der Waals surface area contributed by atoms with Crippen molar-refractivity contribution in [1.29, 1.82) is 0 Å². The number of rotatable bonds is 0. The molecule has 1 heteroatoms. The van der Waals surface area contributed by atoms with Gasteiger partial charge in [-0.05, 0) is 119 Å². The van der Waals surface area contributed by atoms with Crippen molar-refractivity contribution in [3.63, 3.8) is 0 Å². The molecule has 0 fully saturated rings. The highest BCUT2D eigenvalue weighted by atomic mass is 15.1. The molecule has 0 saturated heterocycles. The smallest absolute Gasteiger partial charge is 0.0523 e. The van der Waals surface area contributed by atoms with E-state index in [0.29, 0.717) is 0 Å². The van der Waals surface area contributed by atoms with E-state index in [1.54, 1.807) is 0 Å². The van der Waals surface area contributed by atoms with Gasteiger partial charge in [0.25, 0.3) is 0 Å². The van der Waals surface area contributed by atoms with Crippen LogP contribution in [0.1, 0.15) is 69.5 Å². The van der Waals surface area contributed by atoms with E-state index >= 15 is 0 Å². The van der Waals surface area contributed by atoms with Gasteiger partial charge in [0, 0.05) is 18.2 Å². The highest BCUT2D eigenvalue weighted by Gasteiger charge is 2.33. The molecule has 0 saturated carbocycles. The summed E-state index contributed by atoms with van der Waals surface area (Å²) in [5, 5.41) is 0. The number of nitrogens with zero attached hydrogens (tertiary/aromatic N) is 1. The van der Waals surface area contributed by atoms with Crippen molar-refractivity contribution in [3.8, 4) is 0 Å². The molecule has 1 heterocycles. The molecule has 0 spiro atoms. The van der Waals surface area contributed by atoms with Crippen LogP contribution in [-0.4, -0.2) is 7.05 Å². The molecule has 0 aromatic heterocycles. The van der Waals surface area contributed by atoms with Gasteiger partial charge in [-0.15, -0.1) is 0 Å². The molecule has 138 valence electrons. The predicted octanol–water partition coefficient (Wildman–Crippen LogP) is 7.08. The van der Waals surface area contributed by atoms with Gasteiger partial charge < -0.3 is 4.90 Å². The second-order valence-corrected chi connectivity index (χ2v) is 8.38. The molecule has 1 nitrogen and oxygen atoms in total. The Labute approximate surface area is 159 Å². The standard InChI is InChI=1S/C25H33N/c1-12(2)21-22-17(7)13(3)15(5)19(9)24(22)26(11)25-20(10)16(6)14(4)18(8)23(21)25/h1-11H3. The Bertz CT molecular complexity index is 909. The largest absolute Gasteiger partial charge is 0.343 e. The molecule has 3 rings (SSSR count). The third-order valence-electron chi connectivity index (χ3n) is 6.98. The SMILES string of the molecule is CC(C)=C1c2c(C)c(C)c(C)c(C)c2N(C)c2c(C)c(C)c(C)c(C)c21. The minimum absolute atomic E-state index is 1.39. The summed E-state index contributed by atoms with van der Waals surface area (Å²) in [4.78, 5) is 2.46. The van der Waals surface area contributed by atoms with Crippen molar-refractivity contribution < 1.29 is 0 Å². The number of fused-ring (bicyclic) bond motifs is 2. The summed E-state index contributed by atoms with van der Waals surface area (Å²) in [6, 6.07) is 0. The minimum Gasteiger partial charge on any atom is -0.343 e. The van der Waals surface area contributed by atoms with Crippen molar-refractivity contribution >= 4 is 16.9 Å². The zero-order valence-corrected chi connectivity index (χ0v) is 18.4. The first-order valence-corrected chi connectivity index (χ1v) is 9.64. The Morgan fingerprint density at radius 2 is 0.808 bits per heavy atom. The predicted molar refractivity (Wildman–Crippen MR) is 116 cm³/mol. The topological polar surface area (TPSA) is 3.24 Å². The fraction of sp³-hybridized carbons (Fsp3) is 0.440. The van der Waals surface area contributed by atoms with Crippen molar-refractivity contribution in [1.82, 2.24) is 0 Å². The van der Waals surface area contributed by atoms with Gasteiger partial charge in [0.1, 0.15) is 0 Å². The van der Waals surface area contributed by atoms with Crippen molar-refractivity contribution in [2.75, 3.05) is 11.9 Å². The van der Waals surface area contributed by atoms with Gasteiger partial charge >= 0.3 is 0 Å². The Balaban J connectivity index is 2.62. The monoisotopic (exact) mass is 347 g/mol. The Morgan fingerprint density at radius 1 is 0.500 bits per heavy atom. The summed E-state index contributed by atoms with van der Waals surface area (Å²) in [6.45, 7) is 22.8. The molecule has 26 heavy (non-hydrogen) atoms. The molecule has 2 aromatic carbocycles. The number of allylic oxidation sites excluding steroid dienone is 1. The fourth-order valence-corrected chi connectivity index (χ4v) is 4.77. The van der Waals surface area contributed by atoms with Crippen LogP contribution in [0.4, 0.5) is 11.4 Å². The molecule has 0 bridgehead atoms. The van der Waals surface area contributed by atoms with E-state index < -0.39 is 0 Å². The molecule has 0 amide bonds. The van der Waals surface area contributed by atoms with Crippen LogP contribution in [0.5, 0.6) is 0 Å². The van der Waals surface area contributed by atoms with E-state index in [2.05, 4.69) is 81.2 Å². The van der Waals surface area contributed by atoms with E-state index in [4.69, 9.17) is 0 Å². The van der Waals surface area contributed by atoms with E-state index in [-0.39, 0.29) is 0 Å². The maximum atomic E-state index is 2.46. The van der Waals surface area contributed by atoms with Gasteiger partial charge in [0.2, 0.25) is 0 Å². The number of benzene rings is 2. The summed E-state index contributed by atoms with van der Waals surface area (Å²) in [7, 11) is 2.25. The summed E-state index contributed by atoms with van der Waals surface area (Å²) < 4.78 is 0. The molecule has 0 atom stereocenters. The van der Waals surface area contributed by atoms with Crippen LogP contribution in [0.2, 0.25) is 0 Å².